The van der Waals surface area contributed by atoms with Gasteiger partial charge in [-0.25, -0.2) is 4.98 Å². The number of halogens is 2. The number of rotatable bonds is 8. The van der Waals surface area contributed by atoms with Crippen molar-refractivity contribution in [1.82, 2.24) is 14.9 Å². The first-order valence-electron chi connectivity index (χ1n) is 14.0. The van der Waals surface area contributed by atoms with Crippen LogP contribution in [-0.2, 0) is 4.79 Å². The average molecular weight is 559 g/mol. The van der Waals surface area contributed by atoms with E-state index >= 15 is 0 Å². The predicted octanol–water partition coefficient (Wildman–Crippen LogP) is 6.24. The van der Waals surface area contributed by atoms with Crippen LogP contribution in [0.5, 0.6) is 0 Å². The van der Waals surface area contributed by atoms with Crippen LogP contribution < -0.4 is 10.2 Å². The lowest BCUT2D eigenvalue weighted by molar-refractivity contribution is -0.158. The number of carbonyl (C=O) groups is 1. The Kier molecular flexibility index (Phi) is 6.98. The third kappa shape index (κ3) is 5.09. The van der Waals surface area contributed by atoms with Crippen molar-refractivity contribution in [3.63, 3.8) is 0 Å². The number of hydrogen-bond donors (Lipinski definition) is 2. The minimum Gasteiger partial charge on any atom is -0.481 e. The smallest absolute Gasteiger partial charge is 0.309 e. The fraction of sp³-hybridized carbons (Fsp3) is 0.621. The second-order valence-electron chi connectivity index (χ2n) is 12.3. The van der Waals surface area contributed by atoms with Gasteiger partial charge in [-0.2, -0.15) is 4.98 Å². The van der Waals surface area contributed by atoms with Crippen molar-refractivity contribution >= 4 is 40.9 Å². The van der Waals surface area contributed by atoms with Gasteiger partial charge in [0.25, 0.3) is 0 Å². The van der Waals surface area contributed by atoms with E-state index in [-0.39, 0.29) is 6.04 Å². The van der Waals surface area contributed by atoms with Crippen LogP contribution in [0.2, 0.25) is 10.0 Å². The van der Waals surface area contributed by atoms with E-state index in [1.807, 2.05) is 25.3 Å². The van der Waals surface area contributed by atoms with Gasteiger partial charge >= 0.3 is 5.97 Å². The molecule has 4 aliphatic rings. The molecular weight excluding hydrogens is 521 g/mol. The molecule has 2 N–H and O–H groups in total. The second kappa shape index (κ2) is 10.1. The van der Waals surface area contributed by atoms with Gasteiger partial charge in [-0.05, 0) is 94.4 Å². The van der Waals surface area contributed by atoms with E-state index in [1.54, 1.807) is 6.07 Å². The first-order valence-corrected chi connectivity index (χ1v) is 14.8. The van der Waals surface area contributed by atoms with Crippen molar-refractivity contribution in [3.8, 4) is 0 Å². The van der Waals surface area contributed by atoms with Gasteiger partial charge < -0.3 is 20.2 Å². The van der Waals surface area contributed by atoms with Crippen LogP contribution >= 0.6 is 23.2 Å². The lowest BCUT2D eigenvalue weighted by atomic mass is 9.65. The second-order valence-corrected chi connectivity index (χ2v) is 13.1. The summed E-state index contributed by atoms with van der Waals surface area (Å²) in [4.78, 5) is 26.2. The molecule has 0 unspecified atom stereocenters. The van der Waals surface area contributed by atoms with Crippen molar-refractivity contribution in [2.75, 3.05) is 36.4 Å². The number of aromatic nitrogens is 2. The third-order valence-electron chi connectivity index (χ3n) is 9.36. The summed E-state index contributed by atoms with van der Waals surface area (Å²) in [6.07, 6.45) is 8.40. The summed E-state index contributed by atoms with van der Waals surface area (Å²) in [5, 5.41) is 14.4. The molecule has 0 amide bonds. The van der Waals surface area contributed by atoms with E-state index in [1.165, 1.54) is 31.2 Å². The Bertz CT molecular complexity index is 1210. The summed E-state index contributed by atoms with van der Waals surface area (Å²) >= 11 is 12.6. The van der Waals surface area contributed by atoms with Gasteiger partial charge in [-0.1, -0.05) is 29.3 Å². The van der Waals surface area contributed by atoms with Crippen molar-refractivity contribution < 1.29 is 9.90 Å². The molecule has 7 nitrogen and oxygen atoms in total. The van der Waals surface area contributed by atoms with Gasteiger partial charge in [0.2, 0.25) is 5.95 Å². The van der Waals surface area contributed by atoms with Crippen LogP contribution in [-0.4, -0.2) is 58.2 Å². The van der Waals surface area contributed by atoms with E-state index in [4.69, 9.17) is 33.2 Å². The van der Waals surface area contributed by atoms with E-state index in [0.717, 1.165) is 56.4 Å². The number of carboxylic acids is 1. The van der Waals surface area contributed by atoms with E-state index < -0.39 is 11.4 Å². The predicted molar refractivity (Wildman–Crippen MR) is 151 cm³/mol. The molecular formula is C29H37Cl2N5O2. The Morgan fingerprint density at radius 3 is 2.61 bits per heavy atom. The van der Waals surface area contributed by atoms with Crippen LogP contribution in [0.15, 0.2) is 24.4 Å². The summed E-state index contributed by atoms with van der Waals surface area (Å²) < 4.78 is 0. The highest BCUT2D eigenvalue weighted by Gasteiger charge is 2.49. The van der Waals surface area contributed by atoms with Gasteiger partial charge in [-0.15, -0.1) is 0 Å². The molecule has 38 heavy (non-hydrogen) atoms. The fourth-order valence-electron chi connectivity index (χ4n) is 6.62. The number of nitrogens with zero attached hydrogens (tertiary/aromatic N) is 4. The Hall–Kier alpha value is -2.09. The summed E-state index contributed by atoms with van der Waals surface area (Å²) in [6.45, 7) is 8.15. The minimum absolute atomic E-state index is 0.00753. The molecule has 4 fully saturated rings. The van der Waals surface area contributed by atoms with Crippen LogP contribution in [0.1, 0.15) is 75.5 Å². The quantitative estimate of drug-likeness (QED) is 0.397. The molecule has 1 aromatic heterocycles. The van der Waals surface area contributed by atoms with Crippen LogP contribution in [0, 0.1) is 17.3 Å². The summed E-state index contributed by atoms with van der Waals surface area (Å²) in [5.74, 6) is 2.89. The number of hydrogen-bond acceptors (Lipinski definition) is 6. The molecule has 2 atom stereocenters. The van der Waals surface area contributed by atoms with E-state index in [9.17, 15) is 9.90 Å². The number of piperidine rings is 1. The largest absolute Gasteiger partial charge is 0.481 e. The topological polar surface area (TPSA) is 81.6 Å². The SMILES string of the molecule is C[C@@H](Nc1nc(N2CC([C@H]3CCCN(C4CC(C)(C(=O)O)C4)C3)C2)ncc1C1CC1)c1ccc(Cl)cc1Cl. The van der Waals surface area contributed by atoms with E-state index in [0.29, 0.717) is 33.8 Å². The molecule has 2 aliphatic carbocycles. The van der Waals surface area contributed by atoms with Crippen molar-refractivity contribution in [2.24, 2.45) is 17.3 Å². The summed E-state index contributed by atoms with van der Waals surface area (Å²) in [7, 11) is 0. The highest BCUT2D eigenvalue weighted by Crippen LogP contribution is 2.46. The zero-order chi connectivity index (χ0) is 26.6. The molecule has 2 saturated carbocycles. The molecule has 2 aromatic rings. The van der Waals surface area contributed by atoms with Crippen LogP contribution in [0.25, 0.3) is 0 Å². The molecule has 1 aromatic carbocycles. The summed E-state index contributed by atoms with van der Waals surface area (Å²) in [6, 6.07) is 6.05. The number of benzene rings is 1. The maximum atomic E-state index is 11.5. The van der Waals surface area contributed by atoms with Crippen molar-refractivity contribution in [1.29, 1.82) is 0 Å². The van der Waals surface area contributed by atoms with Crippen LogP contribution in [0.3, 0.4) is 0 Å². The fourth-order valence-corrected chi connectivity index (χ4v) is 7.19. The highest BCUT2D eigenvalue weighted by atomic mass is 35.5. The van der Waals surface area contributed by atoms with Gasteiger partial charge in [0.05, 0.1) is 11.5 Å². The number of aliphatic carboxylic acids is 1. The van der Waals surface area contributed by atoms with E-state index in [2.05, 4.69) is 22.0 Å². The van der Waals surface area contributed by atoms with Gasteiger partial charge in [0.1, 0.15) is 5.82 Å². The van der Waals surface area contributed by atoms with Crippen molar-refractivity contribution in [3.05, 3.63) is 45.6 Å². The lowest BCUT2D eigenvalue weighted by Crippen LogP contribution is -2.58. The molecule has 3 heterocycles. The number of anilines is 2. The molecule has 9 heteroatoms. The zero-order valence-electron chi connectivity index (χ0n) is 22.2. The van der Waals surface area contributed by atoms with Crippen molar-refractivity contribution in [2.45, 2.75) is 70.4 Å². The standard InChI is InChI=1S/C29H37Cl2N5O2/c1-17(23-8-7-21(30)10-25(23)31)33-26-24(18-5-6-18)13-32-28(34-26)36-15-20(16-36)19-4-3-9-35(14-19)22-11-29(2,12-22)27(37)38/h7-8,10,13,17-20,22H,3-6,9,11-12,14-16H2,1-2H3,(H,37,38)(H,32,33,34)/t17-,19+,22?,29?/m1/s1. The molecule has 2 saturated heterocycles. The maximum absolute atomic E-state index is 11.5. The van der Waals surface area contributed by atoms with Crippen LogP contribution in [0.4, 0.5) is 11.8 Å². The first kappa shape index (κ1) is 26.1. The normalized spacial score (nSPS) is 28.9. The zero-order valence-corrected chi connectivity index (χ0v) is 23.7. The monoisotopic (exact) mass is 557 g/mol. The third-order valence-corrected chi connectivity index (χ3v) is 9.92. The molecule has 2 aliphatic heterocycles. The number of carboxylic acid groups (broad SMARTS) is 1. The molecule has 0 spiro atoms. The Labute approximate surface area is 234 Å². The molecule has 0 radical (unpaired) electrons. The lowest BCUT2D eigenvalue weighted by Gasteiger charge is -2.52. The number of nitrogens with one attached hydrogen (secondary N) is 1. The number of likely N-dealkylation sites (tertiary alicyclic amines) is 1. The highest BCUT2D eigenvalue weighted by molar-refractivity contribution is 6.35. The molecule has 204 valence electrons. The van der Waals surface area contributed by atoms with Gasteiger partial charge in [0.15, 0.2) is 0 Å². The van der Waals surface area contributed by atoms with Gasteiger partial charge in [0, 0.05) is 47.5 Å². The Morgan fingerprint density at radius 2 is 1.92 bits per heavy atom. The van der Waals surface area contributed by atoms with Gasteiger partial charge in [-0.3, -0.25) is 4.79 Å². The Balaban J connectivity index is 1.09. The minimum atomic E-state index is -0.649. The molecule has 6 rings (SSSR count). The Morgan fingerprint density at radius 1 is 1.16 bits per heavy atom. The maximum Gasteiger partial charge on any atom is 0.309 e. The summed E-state index contributed by atoms with van der Waals surface area (Å²) in [5.41, 5.74) is 1.66. The average Bonchev–Trinajstić information content (AvgIpc) is 3.66. The first-order chi connectivity index (χ1) is 18.2. The molecule has 0 bridgehead atoms.